The molecule has 27 heavy (non-hydrogen) atoms. The molecule has 0 radical (unpaired) electrons. The Morgan fingerprint density at radius 2 is 1.15 bits per heavy atom. The van der Waals surface area contributed by atoms with Crippen LogP contribution in [0.5, 0.6) is 0 Å². The molecule has 0 saturated carbocycles. The first-order valence-electron chi connectivity index (χ1n) is 9.72. The van der Waals surface area contributed by atoms with Gasteiger partial charge < -0.3 is 18.5 Å². The van der Waals surface area contributed by atoms with Gasteiger partial charge in [0.1, 0.15) is 12.5 Å². The van der Waals surface area contributed by atoms with Gasteiger partial charge in [0.15, 0.2) is 0 Å². The highest BCUT2D eigenvalue weighted by Gasteiger charge is 2.25. The predicted molar refractivity (Wildman–Crippen MR) is 104 cm³/mol. The minimum atomic E-state index is 0.00619. The molecule has 0 N–H and O–H groups in total. The van der Waals surface area contributed by atoms with E-state index < -0.39 is 0 Å². The molecule has 0 unspecified atom stereocenters. The molecule has 2 heterocycles. The Bertz CT molecular complexity index is 630. The van der Waals surface area contributed by atoms with Gasteiger partial charge in [0.05, 0.1) is 11.4 Å². The maximum Gasteiger partial charge on any atom is 0.127 e. The molecule has 0 aliphatic rings. The van der Waals surface area contributed by atoms with Gasteiger partial charge in [-0.25, -0.2) is 0 Å². The Morgan fingerprint density at radius 1 is 0.741 bits per heavy atom. The van der Waals surface area contributed by atoms with E-state index in [-0.39, 0.29) is 10.8 Å². The van der Waals surface area contributed by atoms with Crippen LogP contribution in [-0.4, -0.2) is 36.7 Å². The molecular formula is C21H34N2O4. The molecule has 2 aromatic heterocycles. The molecule has 0 aliphatic carbocycles. The third kappa shape index (κ3) is 6.18. The maximum absolute atomic E-state index is 5.78. The molecule has 0 saturated heterocycles. The van der Waals surface area contributed by atoms with Crippen molar-refractivity contribution in [1.29, 1.82) is 0 Å². The molecule has 0 amide bonds. The molecule has 0 fully saturated rings. The fourth-order valence-electron chi connectivity index (χ4n) is 3.27. The third-order valence-corrected chi connectivity index (χ3v) is 5.28. The topological polar surface area (TPSA) is 70.5 Å². The number of aryl methyl sites for hydroxylation is 2. The van der Waals surface area contributed by atoms with E-state index in [1.807, 2.05) is 13.8 Å². The summed E-state index contributed by atoms with van der Waals surface area (Å²) in [6.45, 7) is 15.6. The van der Waals surface area contributed by atoms with E-state index in [9.17, 15) is 0 Å². The van der Waals surface area contributed by atoms with Gasteiger partial charge >= 0.3 is 0 Å². The number of rotatable bonds is 12. The van der Waals surface area contributed by atoms with Crippen molar-refractivity contribution in [2.45, 2.75) is 71.6 Å². The van der Waals surface area contributed by atoms with Crippen LogP contribution in [0.4, 0.5) is 0 Å². The number of hydrogen-bond acceptors (Lipinski definition) is 6. The highest BCUT2D eigenvalue weighted by molar-refractivity contribution is 5.23. The monoisotopic (exact) mass is 378 g/mol. The van der Waals surface area contributed by atoms with Crippen LogP contribution in [0.3, 0.4) is 0 Å². The molecule has 0 atom stereocenters. The van der Waals surface area contributed by atoms with E-state index in [4.69, 9.17) is 18.5 Å². The molecule has 0 spiro atoms. The van der Waals surface area contributed by atoms with Crippen LogP contribution >= 0.6 is 0 Å². The summed E-state index contributed by atoms with van der Waals surface area (Å²) in [6, 6.07) is 0. The highest BCUT2D eigenvalue weighted by atomic mass is 16.5. The van der Waals surface area contributed by atoms with Gasteiger partial charge in [-0.05, 0) is 43.9 Å². The van der Waals surface area contributed by atoms with Gasteiger partial charge in [-0.1, -0.05) is 38.0 Å². The molecule has 2 aromatic rings. The predicted octanol–water partition coefficient (Wildman–Crippen LogP) is 4.74. The van der Waals surface area contributed by atoms with Crippen molar-refractivity contribution in [3.05, 3.63) is 35.0 Å². The average Bonchev–Trinajstić information content (AvgIpc) is 3.22. The summed E-state index contributed by atoms with van der Waals surface area (Å²) in [5.74, 6) is 0. The van der Waals surface area contributed by atoms with E-state index in [0.717, 1.165) is 55.0 Å². The summed E-state index contributed by atoms with van der Waals surface area (Å²) in [5.41, 5.74) is 4.23. The third-order valence-electron chi connectivity index (χ3n) is 5.28. The van der Waals surface area contributed by atoms with Gasteiger partial charge in [0.2, 0.25) is 0 Å². The van der Waals surface area contributed by atoms with Crippen LogP contribution in [0.25, 0.3) is 0 Å². The van der Waals surface area contributed by atoms with Crippen molar-refractivity contribution in [3.63, 3.8) is 0 Å². The minimum Gasteiger partial charge on any atom is -0.381 e. The van der Waals surface area contributed by atoms with E-state index in [1.54, 1.807) is 12.5 Å². The van der Waals surface area contributed by atoms with Gasteiger partial charge in [0.25, 0.3) is 0 Å². The first-order valence-corrected chi connectivity index (χ1v) is 9.72. The van der Waals surface area contributed by atoms with E-state index in [0.29, 0.717) is 13.2 Å². The lowest BCUT2D eigenvalue weighted by Crippen LogP contribution is -2.21. The Hall–Kier alpha value is -1.66. The molecule has 0 aromatic carbocycles. The largest absolute Gasteiger partial charge is 0.381 e. The molecule has 6 nitrogen and oxygen atoms in total. The summed E-state index contributed by atoms with van der Waals surface area (Å²) in [4.78, 5) is 0. The van der Waals surface area contributed by atoms with Crippen LogP contribution < -0.4 is 0 Å². The molecular weight excluding hydrogens is 344 g/mol. The van der Waals surface area contributed by atoms with Crippen LogP contribution in [0.15, 0.2) is 21.6 Å². The van der Waals surface area contributed by atoms with E-state index in [2.05, 4.69) is 38.0 Å². The van der Waals surface area contributed by atoms with Crippen molar-refractivity contribution >= 4 is 0 Å². The normalized spacial score (nSPS) is 12.7. The summed E-state index contributed by atoms with van der Waals surface area (Å²) < 4.78 is 21.7. The minimum absolute atomic E-state index is 0.00619. The summed E-state index contributed by atoms with van der Waals surface area (Å²) in [6.07, 6.45) is 6.25. The summed E-state index contributed by atoms with van der Waals surface area (Å²) in [7, 11) is 0. The zero-order chi connectivity index (χ0) is 19.9. The Kier molecular flexibility index (Phi) is 7.62. The van der Waals surface area contributed by atoms with Crippen LogP contribution in [-0.2, 0) is 20.3 Å². The number of nitrogens with zero attached hydrogens (tertiary/aromatic N) is 2. The van der Waals surface area contributed by atoms with Crippen molar-refractivity contribution in [3.8, 4) is 0 Å². The number of hydrogen-bond donors (Lipinski definition) is 0. The smallest absolute Gasteiger partial charge is 0.127 e. The lowest BCUT2D eigenvalue weighted by atomic mass is 9.82. The van der Waals surface area contributed by atoms with Crippen molar-refractivity contribution in [2.75, 3.05) is 26.4 Å². The van der Waals surface area contributed by atoms with Crippen molar-refractivity contribution in [2.24, 2.45) is 0 Å². The number of ether oxygens (including phenoxy) is 2. The standard InChI is InChI=1S/C21H34N2O4/c1-16-18(14-26-22-16)20(3,4)8-12-24-10-7-11-25-13-9-21(5,6)19-15-27-23-17(19)2/h14-15H,7-13H2,1-6H3. The molecule has 0 bridgehead atoms. The van der Waals surface area contributed by atoms with Gasteiger partial charge in [0, 0.05) is 37.6 Å². The SMILES string of the molecule is Cc1nocc1C(C)(C)CCOCCCOCCC(C)(C)c1conc1C. The second kappa shape index (κ2) is 9.51. The highest BCUT2D eigenvalue weighted by Crippen LogP contribution is 2.30. The Morgan fingerprint density at radius 3 is 1.48 bits per heavy atom. The maximum atomic E-state index is 5.78. The lowest BCUT2D eigenvalue weighted by Gasteiger charge is -2.23. The lowest BCUT2D eigenvalue weighted by molar-refractivity contribution is 0.0707. The van der Waals surface area contributed by atoms with Gasteiger partial charge in [-0.3, -0.25) is 0 Å². The summed E-state index contributed by atoms with van der Waals surface area (Å²) >= 11 is 0. The molecule has 2 rings (SSSR count). The zero-order valence-corrected chi connectivity index (χ0v) is 17.6. The van der Waals surface area contributed by atoms with Crippen molar-refractivity contribution in [1.82, 2.24) is 10.3 Å². The van der Waals surface area contributed by atoms with Crippen LogP contribution in [0.2, 0.25) is 0 Å². The van der Waals surface area contributed by atoms with Gasteiger partial charge in [-0.15, -0.1) is 0 Å². The fourth-order valence-corrected chi connectivity index (χ4v) is 3.27. The molecule has 152 valence electrons. The zero-order valence-electron chi connectivity index (χ0n) is 17.6. The Balaban J connectivity index is 1.54. The van der Waals surface area contributed by atoms with Crippen LogP contribution in [0, 0.1) is 13.8 Å². The van der Waals surface area contributed by atoms with Gasteiger partial charge in [-0.2, -0.15) is 0 Å². The van der Waals surface area contributed by atoms with E-state index >= 15 is 0 Å². The average molecular weight is 379 g/mol. The Labute approximate surface area is 162 Å². The molecule has 6 heteroatoms. The van der Waals surface area contributed by atoms with Crippen molar-refractivity contribution < 1.29 is 18.5 Å². The second-order valence-corrected chi connectivity index (χ2v) is 8.47. The first kappa shape index (κ1) is 21.6. The number of aromatic nitrogens is 2. The van der Waals surface area contributed by atoms with E-state index in [1.165, 1.54) is 0 Å². The summed E-state index contributed by atoms with van der Waals surface area (Å²) in [5, 5.41) is 7.93. The first-order chi connectivity index (χ1) is 12.7. The quantitative estimate of drug-likeness (QED) is 0.497. The van der Waals surface area contributed by atoms with Crippen LogP contribution in [0.1, 0.15) is 69.5 Å². The second-order valence-electron chi connectivity index (χ2n) is 8.47. The molecule has 0 aliphatic heterocycles. The fraction of sp³-hybridized carbons (Fsp3) is 0.714.